The van der Waals surface area contributed by atoms with E-state index >= 15 is 0 Å². The van der Waals surface area contributed by atoms with Gasteiger partial charge < -0.3 is 4.90 Å². The van der Waals surface area contributed by atoms with Crippen LogP contribution in [0.1, 0.15) is 52.5 Å². The van der Waals surface area contributed by atoms with Gasteiger partial charge in [-0.2, -0.15) is 0 Å². The first kappa shape index (κ1) is 15.2. The van der Waals surface area contributed by atoms with Gasteiger partial charge in [-0.15, -0.1) is 0 Å². The van der Waals surface area contributed by atoms with Crippen LogP contribution >= 0.6 is 11.6 Å². The van der Waals surface area contributed by atoms with Crippen molar-refractivity contribution in [2.45, 2.75) is 59.4 Å². The van der Waals surface area contributed by atoms with Gasteiger partial charge in [-0.05, 0) is 26.7 Å². The van der Waals surface area contributed by atoms with Crippen molar-refractivity contribution in [1.82, 2.24) is 9.97 Å². The minimum Gasteiger partial charge on any atom is -0.354 e. The molecule has 0 aliphatic heterocycles. The second kappa shape index (κ2) is 7.57. The summed E-state index contributed by atoms with van der Waals surface area (Å²) in [6, 6.07) is 0.429. The maximum atomic E-state index is 6.16. The van der Waals surface area contributed by atoms with Crippen molar-refractivity contribution in [3.8, 4) is 0 Å². The molecule has 1 heterocycles. The highest BCUT2D eigenvalue weighted by Crippen LogP contribution is 2.25. The predicted molar refractivity (Wildman–Crippen MR) is 78.4 cm³/mol. The molecule has 0 fully saturated rings. The summed E-state index contributed by atoms with van der Waals surface area (Å²) in [5.74, 6) is 1.00. The standard InChI is InChI=1S/C14H24ClN3/c1-5-7-8-9-18(11(3)4)14-12(6-2)13(15)16-10-17-14/h10-11H,5-9H2,1-4H3. The Labute approximate surface area is 116 Å². The van der Waals surface area contributed by atoms with Gasteiger partial charge in [0.05, 0.1) is 0 Å². The van der Waals surface area contributed by atoms with Gasteiger partial charge in [0.25, 0.3) is 0 Å². The van der Waals surface area contributed by atoms with E-state index in [2.05, 4.69) is 42.6 Å². The van der Waals surface area contributed by atoms with Gasteiger partial charge in [0, 0.05) is 18.2 Å². The first-order valence-electron chi connectivity index (χ1n) is 6.87. The molecule has 0 aliphatic rings. The number of halogens is 1. The molecule has 1 aromatic rings. The molecule has 1 aromatic heterocycles. The maximum Gasteiger partial charge on any atom is 0.137 e. The monoisotopic (exact) mass is 269 g/mol. The second-order valence-electron chi connectivity index (χ2n) is 4.81. The largest absolute Gasteiger partial charge is 0.354 e. The molecule has 0 radical (unpaired) electrons. The molecule has 0 amide bonds. The average Bonchev–Trinajstić information content (AvgIpc) is 2.34. The van der Waals surface area contributed by atoms with Crippen LogP contribution in [0.2, 0.25) is 5.15 Å². The lowest BCUT2D eigenvalue weighted by Crippen LogP contribution is -2.33. The Bertz CT molecular complexity index is 366. The minimum absolute atomic E-state index is 0.429. The fourth-order valence-corrected chi connectivity index (χ4v) is 2.34. The van der Waals surface area contributed by atoms with Gasteiger partial charge in [-0.1, -0.05) is 38.3 Å². The zero-order chi connectivity index (χ0) is 13.5. The van der Waals surface area contributed by atoms with Crippen LogP contribution in [-0.2, 0) is 6.42 Å². The van der Waals surface area contributed by atoms with Gasteiger partial charge in [0.15, 0.2) is 0 Å². The molecule has 0 atom stereocenters. The lowest BCUT2D eigenvalue weighted by atomic mass is 10.1. The summed E-state index contributed by atoms with van der Waals surface area (Å²) in [6.07, 6.45) is 6.11. The van der Waals surface area contributed by atoms with Crippen LogP contribution in [0, 0.1) is 0 Å². The summed E-state index contributed by atoms with van der Waals surface area (Å²) in [6.45, 7) is 9.74. The third-order valence-electron chi connectivity index (χ3n) is 3.12. The summed E-state index contributed by atoms with van der Waals surface area (Å²) in [5.41, 5.74) is 1.06. The molecular weight excluding hydrogens is 246 g/mol. The highest BCUT2D eigenvalue weighted by Gasteiger charge is 2.17. The molecule has 0 bridgehead atoms. The zero-order valence-electron chi connectivity index (χ0n) is 11.9. The van der Waals surface area contributed by atoms with Gasteiger partial charge in [-0.25, -0.2) is 9.97 Å². The summed E-state index contributed by atoms with van der Waals surface area (Å²) < 4.78 is 0. The maximum absolute atomic E-state index is 6.16. The SMILES string of the molecule is CCCCCN(c1ncnc(Cl)c1CC)C(C)C. The Balaban J connectivity index is 2.94. The lowest BCUT2D eigenvalue weighted by Gasteiger charge is -2.29. The second-order valence-corrected chi connectivity index (χ2v) is 5.17. The van der Waals surface area contributed by atoms with E-state index < -0.39 is 0 Å². The van der Waals surface area contributed by atoms with Crippen molar-refractivity contribution in [3.63, 3.8) is 0 Å². The van der Waals surface area contributed by atoms with Crippen molar-refractivity contribution in [2.75, 3.05) is 11.4 Å². The number of anilines is 1. The number of aromatic nitrogens is 2. The van der Waals surface area contributed by atoms with Crippen molar-refractivity contribution < 1.29 is 0 Å². The van der Waals surface area contributed by atoms with Gasteiger partial charge in [-0.3, -0.25) is 0 Å². The van der Waals surface area contributed by atoms with Crippen molar-refractivity contribution >= 4 is 17.4 Å². The topological polar surface area (TPSA) is 29.0 Å². The fourth-order valence-electron chi connectivity index (χ4n) is 2.07. The number of nitrogens with zero attached hydrogens (tertiary/aromatic N) is 3. The molecule has 0 aromatic carbocycles. The zero-order valence-corrected chi connectivity index (χ0v) is 12.7. The molecule has 0 saturated carbocycles. The lowest BCUT2D eigenvalue weighted by molar-refractivity contribution is 0.616. The molecule has 3 nitrogen and oxygen atoms in total. The molecule has 102 valence electrons. The first-order valence-corrected chi connectivity index (χ1v) is 7.25. The van der Waals surface area contributed by atoms with Crippen LogP contribution in [0.15, 0.2) is 6.33 Å². The number of rotatable bonds is 7. The highest BCUT2D eigenvalue weighted by molar-refractivity contribution is 6.30. The molecule has 0 N–H and O–H groups in total. The van der Waals surface area contributed by atoms with Crippen molar-refractivity contribution in [1.29, 1.82) is 0 Å². The Morgan fingerprint density at radius 3 is 2.50 bits per heavy atom. The molecular formula is C14H24ClN3. The summed E-state index contributed by atoms with van der Waals surface area (Å²) in [7, 11) is 0. The molecule has 18 heavy (non-hydrogen) atoms. The van der Waals surface area contributed by atoms with Crippen LogP contribution in [0.5, 0.6) is 0 Å². The average molecular weight is 270 g/mol. The van der Waals surface area contributed by atoms with Crippen molar-refractivity contribution in [3.05, 3.63) is 17.0 Å². The van der Waals surface area contributed by atoms with E-state index in [-0.39, 0.29) is 0 Å². The number of unbranched alkanes of at least 4 members (excludes halogenated alkanes) is 2. The molecule has 1 rings (SSSR count). The normalized spacial score (nSPS) is 11.0. The van der Waals surface area contributed by atoms with E-state index in [0.717, 1.165) is 24.3 Å². The van der Waals surface area contributed by atoms with Crippen LogP contribution in [0.4, 0.5) is 5.82 Å². The number of hydrogen-bond acceptors (Lipinski definition) is 3. The van der Waals surface area contributed by atoms with Gasteiger partial charge in [0.1, 0.15) is 17.3 Å². The minimum atomic E-state index is 0.429. The molecule has 4 heteroatoms. The van der Waals surface area contributed by atoms with E-state index in [4.69, 9.17) is 11.6 Å². The molecule has 0 spiro atoms. The summed E-state index contributed by atoms with van der Waals surface area (Å²) >= 11 is 6.16. The number of hydrogen-bond donors (Lipinski definition) is 0. The van der Waals surface area contributed by atoms with Crippen LogP contribution in [-0.4, -0.2) is 22.6 Å². The molecule has 0 aliphatic carbocycles. The Morgan fingerprint density at radius 2 is 1.94 bits per heavy atom. The quantitative estimate of drug-likeness (QED) is 0.551. The van der Waals surface area contributed by atoms with E-state index in [1.165, 1.54) is 19.3 Å². The highest BCUT2D eigenvalue weighted by atomic mass is 35.5. The Hall–Kier alpha value is -0.830. The molecule has 0 unspecified atom stereocenters. The van der Waals surface area contributed by atoms with E-state index in [0.29, 0.717) is 11.2 Å². The first-order chi connectivity index (χ1) is 8.61. The summed E-state index contributed by atoms with van der Waals surface area (Å²) in [4.78, 5) is 10.9. The third kappa shape index (κ3) is 3.84. The predicted octanol–water partition coefficient (Wildman–Crippen LogP) is 4.10. The van der Waals surface area contributed by atoms with Crippen LogP contribution in [0.25, 0.3) is 0 Å². The third-order valence-corrected chi connectivity index (χ3v) is 3.45. The van der Waals surface area contributed by atoms with E-state index in [1.54, 1.807) is 6.33 Å². The van der Waals surface area contributed by atoms with Crippen LogP contribution in [0.3, 0.4) is 0 Å². The van der Waals surface area contributed by atoms with E-state index in [9.17, 15) is 0 Å². The smallest absolute Gasteiger partial charge is 0.137 e. The van der Waals surface area contributed by atoms with Crippen molar-refractivity contribution in [2.24, 2.45) is 0 Å². The van der Waals surface area contributed by atoms with Gasteiger partial charge in [0.2, 0.25) is 0 Å². The molecule has 0 saturated heterocycles. The summed E-state index contributed by atoms with van der Waals surface area (Å²) in [5, 5.41) is 0.587. The fraction of sp³-hybridized carbons (Fsp3) is 0.714. The van der Waals surface area contributed by atoms with E-state index in [1.807, 2.05) is 0 Å². The Morgan fingerprint density at radius 1 is 1.22 bits per heavy atom. The Kier molecular flexibility index (Phi) is 6.41. The van der Waals surface area contributed by atoms with Crippen LogP contribution < -0.4 is 4.90 Å². The van der Waals surface area contributed by atoms with Gasteiger partial charge >= 0.3 is 0 Å².